The van der Waals surface area contributed by atoms with Gasteiger partial charge in [-0.2, -0.15) is 5.10 Å². The Labute approximate surface area is 137 Å². The first-order valence-electron chi connectivity index (χ1n) is 6.86. The van der Waals surface area contributed by atoms with Gasteiger partial charge < -0.3 is 5.32 Å². The van der Waals surface area contributed by atoms with E-state index in [9.17, 15) is 4.79 Å². The molecule has 0 spiro atoms. The Morgan fingerprint density at radius 3 is 2.86 bits per heavy atom. The predicted octanol–water partition coefficient (Wildman–Crippen LogP) is 4.07. The summed E-state index contributed by atoms with van der Waals surface area (Å²) in [6, 6.07) is 7.89. The first kappa shape index (κ1) is 16.0. The van der Waals surface area contributed by atoms with Gasteiger partial charge in [0.15, 0.2) is 0 Å². The van der Waals surface area contributed by atoms with Crippen molar-refractivity contribution in [3.05, 3.63) is 55.9 Å². The Hall–Kier alpha value is -1.33. The number of hydrogen-bond donors (Lipinski definition) is 1. The van der Waals surface area contributed by atoms with E-state index in [2.05, 4.69) is 33.3 Å². The summed E-state index contributed by atoms with van der Waals surface area (Å²) in [6.45, 7) is 3.24. The summed E-state index contributed by atoms with van der Waals surface area (Å²) in [5.74, 6) is 0. The lowest BCUT2D eigenvalue weighted by Gasteiger charge is -2.11. The van der Waals surface area contributed by atoms with Crippen molar-refractivity contribution >= 4 is 33.2 Å². The molecule has 1 aromatic heterocycles. The number of nitrogens with one attached hydrogen (secondary N) is 1. The molecule has 0 radical (unpaired) electrons. The van der Waals surface area contributed by atoms with Crippen molar-refractivity contribution in [2.75, 3.05) is 5.32 Å². The molecule has 1 heterocycles. The van der Waals surface area contributed by atoms with Crippen LogP contribution in [0.2, 0.25) is 5.02 Å². The standard InChI is InChI=1S/C15H17BrClN3O/c1-2-3-8-20-15(21)14(17)13(10-19-20)18-9-11-6-4-5-7-12(11)16/h4-7,10,18H,2-3,8-9H2,1H3. The van der Waals surface area contributed by atoms with E-state index in [0.29, 0.717) is 18.8 Å². The van der Waals surface area contributed by atoms with Crippen molar-refractivity contribution in [1.82, 2.24) is 9.78 Å². The Balaban J connectivity index is 2.13. The maximum atomic E-state index is 12.1. The Bertz CT molecular complexity index is 672. The summed E-state index contributed by atoms with van der Waals surface area (Å²) >= 11 is 9.62. The van der Waals surface area contributed by atoms with E-state index in [1.165, 1.54) is 4.68 Å². The normalized spacial score (nSPS) is 10.6. The fourth-order valence-corrected chi connectivity index (χ4v) is 2.53. The number of benzene rings is 1. The zero-order valence-corrected chi connectivity index (χ0v) is 14.1. The molecule has 0 atom stereocenters. The molecule has 21 heavy (non-hydrogen) atoms. The van der Waals surface area contributed by atoms with Crippen molar-refractivity contribution in [3.63, 3.8) is 0 Å². The molecule has 2 rings (SSSR count). The van der Waals surface area contributed by atoms with Crippen LogP contribution in [0.15, 0.2) is 39.7 Å². The molecule has 0 saturated heterocycles. The van der Waals surface area contributed by atoms with E-state index in [4.69, 9.17) is 11.6 Å². The van der Waals surface area contributed by atoms with Gasteiger partial charge in [0, 0.05) is 17.6 Å². The summed E-state index contributed by atoms with van der Waals surface area (Å²) in [5, 5.41) is 7.50. The number of aromatic nitrogens is 2. The minimum absolute atomic E-state index is 0.188. The number of unbranched alkanes of at least 4 members (excludes halogenated alkanes) is 1. The van der Waals surface area contributed by atoms with E-state index in [1.807, 2.05) is 24.3 Å². The lowest BCUT2D eigenvalue weighted by atomic mass is 10.2. The average molecular weight is 371 g/mol. The molecule has 6 heteroatoms. The molecule has 0 aliphatic rings. The molecule has 0 saturated carbocycles. The first-order chi connectivity index (χ1) is 10.1. The topological polar surface area (TPSA) is 46.9 Å². The molecule has 0 amide bonds. The lowest BCUT2D eigenvalue weighted by Crippen LogP contribution is -2.24. The second-order valence-electron chi connectivity index (χ2n) is 4.70. The third-order valence-electron chi connectivity index (χ3n) is 3.14. The zero-order valence-electron chi connectivity index (χ0n) is 11.8. The average Bonchev–Trinajstić information content (AvgIpc) is 2.49. The predicted molar refractivity (Wildman–Crippen MR) is 89.9 cm³/mol. The van der Waals surface area contributed by atoms with Gasteiger partial charge in [-0.15, -0.1) is 0 Å². The van der Waals surface area contributed by atoms with Crippen LogP contribution in [0.3, 0.4) is 0 Å². The van der Waals surface area contributed by atoms with Crippen LogP contribution in [0.5, 0.6) is 0 Å². The maximum absolute atomic E-state index is 12.1. The first-order valence-corrected chi connectivity index (χ1v) is 8.03. The molecule has 0 aliphatic heterocycles. The van der Waals surface area contributed by atoms with Gasteiger partial charge in [-0.05, 0) is 18.1 Å². The summed E-state index contributed by atoms with van der Waals surface area (Å²) in [4.78, 5) is 12.1. The van der Waals surface area contributed by atoms with E-state index in [0.717, 1.165) is 22.9 Å². The third kappa shape index (κ3) is 4.08. The summed E-state index contributed by atoms with van der Waals surface area (Å²) < 4.78 is 2.42. The summed E-state index contributed by atoms with van der Waals surface area (Å²) in [6.07, 6.45) is 3.52. The second-order valence-corrected chi connectivity index (χ2v) is 5.93. The van der Waals surface area contributed by atoms with Crippen LogP contribution >= 0.6 is 27.5 Å². The summed E-state index contributed by atoms with van der Waals surface area (Å²) in [5.41, 5.74) is 1.40. The highest BCUT2D eigenvalue weighted by Crippen LogP contribution is 2.20. The fraction of sp³-hybridized carbons (Fsp3) is 0.333. The molecule has 112 valence electrons. The number of anilines is 1. The molecule has 0 fully saturated rings. The van der Waals surface area contributed by atoms with E-state index in [1.54, 1.807) is 6.20 Å². The monoisotopic (exact) mass is 369 g/mol. The minimum atomic E-state index is -0.248. The van der Waals surface area contributed by atoms with Gasteiger partial charge in [-0.25, -0.2) is 4.68 Å². The number of hydrogen-bond acceptors (Lipinski definition) is 3. The van der Waals surface area contributed by atoms with Gasteiger partial charge in [-0.1, -0.05) is 59.1 Å². The Morgan fingerprint density at radius 2 is 2.14 bits per heavy atom. The number of aryl methyl sites for hydroxylation is 1. The SMILES string of the molecule is CCCCn1ncc(NCc2ccccc2Br)c(Cl)c1=O. The van der Waals surface area contributed by atoms with Crippen molar-refractivity contribution < 1.29 is 0 Å². The Morgan fingerprint density at radius 1 is 1.38 bits per heavy atom. The third-order valence-corrected chi connectivity index (χ3v) is 4.27. The van der Waals surface area contributed by atoms with Crippen LogP contribution in [0.4, 0.5) is 5.69 Å². The molecule has 4 nitrogen and oxygen atoms in total. The number of rotatable bonds is 6. The quantitative estimate of drug-likeness (QED) is 0.833. The van der Waals surface area contributed by atoms with Gasteiger partial charge in [0.1, 0.15) is 5.02 Å². The van der Waals surface area contributed by atoms with Crippen LogP contribution in [-0.4, -0.2) is 9.78 Å². The van der Waals surface area contributed by atoms with Crippen LogP contribution in [-0.2, 0) is 13.1 Å². The highest BCUT2D eigenvalue weighted by Gasteiger charge is 2.09. The fourth-order valence-electron chi connectivity index (χ4n) is 1.89. The maximum Gasteiger partial charge on any atom is 0.287 e. The van der Waals surface area contributed by atoms with Gasteiger partial charge in [0.25, 0.3) is 5.56 Å². The zero-order chi connectivity index (χ0) is 15.2. The van der Waals surface area contributed by atoms with Crippen LogP contribution in [0.1, 0.15) is 25.3 Å². The molecule has 1 N–H and O–H groups in total. The minimum Gasteiger partial charge on any atom is -0.378 e. The van der Waals surface area contributed by atoms with Crippen LogP contribution < -0.4 is 10.9 Å². The van der Waals surface area contributed by atoms with Gasteiger partial charge >= 0.3 is 0 Å². The molecular weight excluding hydrogens is 354 g/mol. The van der Waals surface area contributed by atoms with Crippen molar-refractivity contribution in [3.8, 4) is 0 Å². The van der Waals surface area contributed by atoms with Gasteiger partial charge in [0.2, 0.25) is 0 Å². The van der Waals surface area contributed by atoms with Crippen LogP contribution in [0, 0.1) is 0 Å². The molecule has 0 bridgehead atoms. The van der Waals surface area contributed by atoms with Crippen molar-refractivity contribution in [2.45, 2.75) is 32.9 Å². The van der Waals surface area contributed by atoms with Crippen LogP contribution in [0.25, 0.3) is 0 Å². The largest absolute Gasteiger partial charge is 0.378 e. The summed E-state index contributed by atoms with van der Waals surface area (Å²) in [7, 11) is 0. The van der Waals surface area contributed by atoms with E-state index >= 15 is 0 Å². The molecule has 2 aromatic rings. The van der Waals surface area contributed by atoms with Gasteiger partial charge in [-0.3, -0.25) is 4.79 Å². The Kier molecular flexibility index (Phi) is 5.82. The molecule has 0 unspecified atom stereocenters. The molecule has 0 aliphatic carbocycles. The van der Waals surface area contributed by atoms with E-state index in [-0.39, 0.29) is 10.6 Å². The molecule has 1 aromatic carbocycles. The van der Waals surface area contributed by atoms with Crippen molar-refractivity contribution in [2.24, 2.45) is 0 Å². The molecular formula is C15H17BrClN3O. The lowest BCUT2D eigenvalue weighted by molar-refractivity contribution is 0.543. The number of nitrogens with zero attached hydrogens (tertiary/aromatic N) is 2. The van der Waals surface area contributed by atoms with Gasteiger partial charge in [0.05, 0.1) is 11.9 Å². The smallest absolute Gasteiger partial charge is 0.287 e. The number of halogens is 2. The van der Waals surface area contributed by atoms with E-state index < -0.39 is 0 Å². The highest BCUT2D eigenvalue weighted by molar-refractivity contribution is 9.10. The second kappa shape index (κ2) is 7.61. The highest BCUT2D eigenvalue weighted by atomic mass is 79.9. The van der Waals surface area contributed by atoms with Crippen molar-refractivity contribution in [1.29, 1.82) is 0 Å².